The van der Waals surface area contributed by atoms with Crippen LogP contribution in [0, 0.1) is 0 Å². The van der Waals surface area contributed by atoms with Gasteiger partial charge in [-0.25, -0.2) is 9.55 Å². The van der Waals surface area contributed by atoms with E-state index in [1.165, 1.54) is 5.56 Å². The molecule has 0 spiro atoms. The van der Waals surface area contributed by atoms with Crippen LogP contribution in [0.5, 0.6) is 0 Å². The van der Waals surface area contributed by atoms with Crippen molar-refractivity contribution in [3.63, 3.8) is 0 Å². The fraction of sp³-hybridized carbons (Fsp3) is 0.0714. The number of hydrogen-bond acceptors (Lipinski definition) is 2. The highest BCUT2D eigenvalue weighted by Crippen LogP contribution is 2.26. The molecule has 0 aliphatic carbocycles. The summed E-state index contributed by atoms with van der Waals surface area (Å²) in [6, 6.07) is 4.13. The first kappa shape index (κ1) is 9.27. The second kappa shape index (κ2) is 3.00. The van der Waals surface area contributed by atoms with Crippen LogP contribution in [0.25, 0.3) is 22.7 Å². The Balaban J connectivity index is 1.97. The maximum atomic E-state index is 4.53. The van der Waals surface area contributed by atoms with Crippen molar-refractivity contribution in [3.05, 3.63) is 54.9 Å². The van der Waals surface area contributed by atoms with Crippen LogP contribution >= 0.6 is 0 Å². The van der Waals surface area contributed by atoms with E-state index < -0.39 is 0 Å². The molecule has 5 nitrogen and oxygen atoms in total. The number of hydrogen-bond donors (Lipinski definition) is 0. The number of aromatic nitrogens is 5. The van der Waals surface area contributed by atoms with Crippen LogP contribution in [0.3, 0.4) is 0 Å². The second-order valence-corrected chi connectivity index (χ2v) is 4.82. The Morgan fingerprint density at radius 3 is 3.21 bits per heavy atom. The van der Waals surface area contributed by atoms with E-state index in [0.29, 0.717) is 0 Å². The van der Waals surface area contributed by atoms with Gasteiger partial charge in [0.1, 0.15) is 18.3 Å². The Morgan fingerprint density at radius 2 is 2.21 bits per heavy atom. The highest BCUT2D eigenvalue weighted by molar-refractivity contribution is 5.64. The summed E-state index contributed by atoms with van der Waals surface area (Å²) >= 11 is 0. The Bertz CT molecular complexity index is 947. The van der Waals surface area contributed by atoms with Gasteiger partial charge < -0.3 is 0 Å². The predicted molar refractivity (Wildman–Crippen MR) is 68.7 cm³/mol. The average Bonchev–Trinajstić information content (AvgIpc) is 3.05. The smallest absolute Gasteiger partial charge is 0.274 e. The van der Waals surface area contributed by atoms with Gasteiger partial charge in [0.25, 0.3) is 5.65 Å². The van der Waals surface area contributed by atoms with Crippen LogP contribution in [-0.4, -0.2) is 18.8 Å². The first-order valence-corrected chi connectivity index (χ1v) is 6.22. The molecule has 5 heteroatoms. The van der Waals surface area contributed by atoms with Gasteiger partial charge in [0.2, 0.25) is 0 Å². The first-order valence-electron chi connectivity index (χ1n) is 6.22. The van der Waals surface area contributed by atoms with E-state index in [1.54, 1.807) is 0 Å². The summed E-state index contributed by atoms with van der Waals surface area (Å²) in [5, 5.41) is 0. The van der Waals surface area contributed by atoms with Gasteiger partial charge in [-0.1, -0.05) is 6.07 Å². The third-order valence-electron chi connectivity index (χ3n) is 3.76. The summed E-state index contributed by atoms with van der Waals surface area (Å²) in [6.45, 7) is 0.896. The van der Waals surface area contributed by atoms with Crippen LogP contribution in [0.1, 0.15) is 5.56 Å². The minimum atomic E-state index is 0.896. The molecule has 4 aromatic rings. The molecule has 5 heterocycles. The van der Waals surface area contributed by atoms with Gasteiger partial charge in [0.15, 0.2) is 11.9 Å². The minimum Gasteiger partial charge on any atom is -0.274 e. The molecule has 5 rings (SSSR count). The average molecular weight is 248 g/mol. The van der Waals surface area contributed by atoms with Crippen molar-refractivity contribution in [3.8, 4) is 11.5 Å². The van der Waals surface area contributed by atoms with Gasteiger partial charge in [0.05, 0.1) is 6.20 Å². The van der Waals surface area contributed by atoms with E-state index >= 15 is 0 Å². The molecule has 0 bridgehead atoms. The van der Waals surface area contributed by atoms with Crippen molar-refractivity contribution in [2.24, 2.45) is 0 Å². The van der Waals surface area contributed by atoms with Gasteiger partial charge in [0, 0.05) is 24.2 Å². The van der Waals surface area contributed by atoms with Gasteiger partial charge >= 0.3 is 5.82 Å². The third-order valence-corrected chi connectivity index (χ3v) is 3.76. The molecule has 0 unspecified atom stereocenters. The van der Waals surface area contributed by atoms with Crippen molar-refractivity contribution < 1.29 is 4.57 Å². The molecule has 1 aliphatic heterocycles. The third kappa shape index (κ3) is 1.03. The molecule has 0 radical (unpaired) electrons. The molecular formula is C14H10N5+. The van der Waals surface area contributed by atoms with Crippen LogP contribution in [-0.2, 0) is 6.54 Å². The fourth-order valence-corrected chi connectivity index (χ4v) is 2.95. The number of pyridine rings is 1. The van der Waals surface area contributed by atoms with Gasteiger partial charge in [-0.2, -0.15) is 4.40 Å². The Labute approximate surface area is 108 Å². The summed E-state index contributed by atoms with van der Waals surface area (Å²) in [7, 11) is 0. The maximum absolute atomic E-state index is 4.53. The van der Waals surface area contributed by atoms with E-state index in [9.17, 15) is 0 Å². The van der Waals surface area contributed by atoms with E-state index in [2.05, 4.69) is 41.8 Å². The number of fused-ring (bicyclic) bond motifs is 7. The second-order valence-electron chi connectivity index (χ2n) is 4.82. The molecule has 0 saturated carbocycles. The van der Waals surface area contributed by atoms with Crippen molar-refractivity contribution in [1.29, 1.82) is 0 Å². The molecule has 4 aromatic heterocycles. The predicted octanol–water partition coefficient (Wildman–Crippen LogP) is 1.30. The Hall–Kier alpha value is -2.69. The van der Waals surface area contributed by atoms with E-state index in [0.717, 1.165) is 29.2 Å². The van der Waals surface area contributed by atoms with Crippen molar-refractivity contribution >= 4 is 11.2 Å². The molecular weight excluding hydrogens is 238 g/mol. The van der Waals surface area contributed by atoms with E-state index in [4.69, 9.17) is 0 Å². The lowest BCUT2D eigenvalue weighted by molar-refractivity contribution is -0.670. The summed E-state index contributed by atoms with van der Waals surface area (Å²) in [6.07, 6.45) is 11.8. The molecule has 0 N–H and O–H groups in total. The van der Waals surface area contributed by atoms with Crippen LogP contribution in [0.4, 0.5) is 0 Å². The van der Waals surface area contributed by atoms with Crippen LogP contribution in [0.15, 0.2) is 49.3 Å². The zero-order valence-electron chi connectivity index (χ0n) is 10.1. The SMILES string of the molecule is c1cnc2c(c1)C[n+]1cc3n(cc4cnccn43)c1-2. The lowest BCUT2D eigenvalue weighted by Crippen LogP contribution is -2.29. The monoisotopic (exact) mass is 248 g/mol. The minimum absolute atomic E-state index is 0.896. The molecule has 1 aliphatic rings. The van der Waals surface area contributed by atoms with Gasteiger partial charge in [-0.3, -0.25) is 9.38 Å². The maximum Gasteiger partial charge on any atom is 0.315 e. The Kier molecular flexibility index (Phi) is 1.46. The van der Waals surface area contributed by atoms with Crippen LogP contribution < -0.4 is 4.57 Å². The Morgan fingerprint density at radius 1 is 1.21 bits per heavy atom. The van der Waals surface area contributed by atoms with E-state index in [1.807, 2.05) is 30.9 Å². The molecule has 90 valence electrons. The van der Waals surface area contributed by atoms with Gasteiger partial charge in [-0.15, -0.1) is 0 Å². The largest absolute Gasteiger partial charge is 0.315 e. The molecule has 0 aromatic carbocycles. The van der Waals surface area contributed by atoms with Crippen molar-refractivity contribution in [1.82, 2.24) is 18.8 Å². The lowest BCUT2D eigenvalue weighted by atomic mass is 10.2. The van der Waals surface area contributed by atoms with Crippen molar-refractivity contribution in [2.75, 3.05) is 0 Å². The lowest BCUT2D eigenvalue weighted by Gasteiger charge is -1.91. The molecule has 0 fully saturated rings. The normalized spacial score (nSPS) is 13.1. The van der Waals surface area contributed by atoms with Crippen LogP contribution in [0.2, 0.25) is 0 Å². The molecule has 0 amide bonds. The molecule has 19 heavy (non-hydrogen) atoms. The highest BCUT2D eigenvalue weighted by Gasteiger charge is 2.32. The summed E-state index contributed by atoms with van der Waals surface area (Å²) in [4.78, 5) is 8.70. The number of rotatable bonds is 0. The number of imidazole rings is 2. The topological polar surface area (TPSA) is 38.5 Å². The molecule has 0 atom stereocenters. The summed E-state index contributed by atoms with van der Waals surface area (Å²) in [5.74, 6) is 1.15. The first-order chi connectivity index (χ1) is 9.42. The molecule has 0 saturated heterocycles. The zero-order valence-corrected chi connectivity index (χ0v) is 10.1. The van der Waals surface area contributed by atoms with E-state index in [-0.39, 0.29) is 0 Å². The highest BCUT2D eigenvalue weighted by atomic mass is 15.2. The van der Waals surface area contributed by atoms with Gasteiger partial charge in [-0.05, 0) is 6.07 Å². The standard InChI is InChI=1S/C14H10N5/c1-2-10-7-17-9-12-18-5-4-15-6-11(18)8-19(12)14(17)13(10)16-3-1/h1-6,8-9H,7H2/q+1. The van der Waals surface area contributed by atoms with Crippen molar-refractivity contribution in [2.45, 2.75) is 6.54 Å². The summed E-state index contributed by atoms with van der Waals surface area (Å²) < 4.78 is 6.58. The summed E-state index contributed by atoms with van der Waals surface area (Å²) in [5.41, 5.74) is 4.58. The number of nitrogens with zero attached hydrogens (tertiary/aromatic N) is 5. The zero-order chi connectivity index (χ0) is 12.4. The fourth-order valence-electron chi connectivity index (χ4n) is 2.95. The quantitative estimate of drug-likeness (QED) is 0.387.